The Morgan fingerprint density at radius 2 is 1.93 bits per heavy atom. The number of fused-ring (bicyclic) bond motifs is 1. The maximum Gasteiger partial charge on any atom is 0.317 e. The van der Waals surface area contributed by atoms with Gasteiger partial charge in [0, 0.05) is 38.8 Å². The molecule has 0 aliphatic heterocycles. The number of benzene rings is 1. The molecule has 4 aromatic rings. The van der Waals surface area contributed by atoms with Crippen LogP contribution in [0.2, 0.25) is 0 Å². The van der Waals surface area contributed by atoms with Crippen molar-refractivity contribution < 1.29 is 19.1 Å². The number of carbonyl (C=O) groups is 3. The van der Waals surface area contributed by atoms with Gasteiger partial charge in [-0.1, -0.05) is 5.21 Å². The van der Waals surface area contributed by atoms with Crippen molar-refractivity contribution in [1.82, 2.24) is 44.5 Å². The summed E-state index contributed by atoms with van der Waals surface area (Å²) in [5.74, 6) is -0.374. The molecule has 0 spiro atoms. The van der Waals surface area contributed by atoms with E-state index < -0.39 is 5.91 Å². The van der Waals surface area contributed by atoms with Crippen LogP contribution in [0.15, 0.2) is 24.4 Å². The van der Waals surface area contributed by atoms with Gasteiger partial charge >= 0.3 is 6.03 Å². The van der Waals surface area contributed by atoms with Gasteiger partial charge in [0.25, 0.3) is 5.91 Å². The predicted octanol–water partition coefficient (Wildman–Crippen LogP) is 1.76. The van der Waals surface area contributed by atoms with Crippen molar-refractivity contribution >= 4 is 34.8 Å². The van der Waals surface area contributed by atoms with E-state index in [1.807, 2.05) is 20.8 Å². The first-order chi connectivity index (χ1) is 19.6. The summed E-state index contributed by atoms with van der Waals surface area (Å²) in [4.78, 5) is 43.9. The van der Waals surface area contributed by atoms with Gasteiger partial charge in [-0.3, -0.25) is 24.3 Å². The Morgan fingerprint density at radius 3 is 2.59 bits per heavy atom. The van der Waals surface area contributed by atoms with Gasteiger partial charge in [0.1, 0.15) is 22.7 Å². The van der Waals surface area contributed by atoms with Gasteiger partial charge in [0.05, 0.1) is 31.1 Å². The fourth-order valence-corrected chi connectivity index (χ4v) is 4.42. The van der Waals surface area contributed by atoms with Crippen LogP contribution in [0, 0.1) is 6.92 Å². The lowest BCUT2D eigenvalue weighted by molar-refractivity contribution is 0.0995. The van der Waals surface area contributed by atoms with Crippen LogP contribution in [0.25, 0.3) is 11.0 Å². The second-order valence-electron chi connectivity index (χ2n) is 9.45. The maximum absolute atomic E-state index is 13.2. The molecule has 1 aromatic carbocycles. The Balaban J connectivity index is 1.53. The Labute approximate surface area is 236 Å². The van der Waals surface area contributed by atoms with Crippen LogP contribution in [-0.4, -0.2) is 77.8 Å². The average molecular weight is 566 g/mol. The summed E-state index contributed by atoms with van der Waals surface area (Å²) in [5, 5.41) is 18.2. The number of hydrogen-bond acceptors (Lipinski definition) is 8. The fourth-order valence-electron chi connectivity index (χ4n) is 4.42. The number of nitrogens with zero attached hydrogens (tertiary/aromatic N) is 8. The van der Waals surface area contributed by atoms with Gasteiger partial charge in [-0.05, 0) is 45.4 Å². The second kappa shape index (κ2) is 12.5. The number of imidazole rings is 1. The molecule has 4 N–H and O–H groups in total. The van der Waals surface area contributed by atoms with E-state index in [0.717, 1.165) is 0 Å². The highest BCUT2D eigenvalue weighted by Crippen LogP contribution is 2.31. The lowest BCUT2D eigenvalue weighted by Gasteiger charge is -2.17. The third-order valence-electron chi connectivity index (χ3n) is 6.46. The van der Waals surface area contributed by atoms with Crippen molar-refractivity contribution in [2.45, 2.75) is 53.4 Å². The van der Waals surface area contributed by atoms with E-state index in [1.54, 1.807) is 39.3 Å². The number of carbonyl (C=O) groups excluding carboxylic acids is 3. The molecule has 218 valence electrons. The summed E-state index contributed by atoms with van der Waals surface area (Å²) in [5.41, 5.74) is 8.55. The molecule has 4 rings (SSSR count). The zero-order chi connectivity index (χ0) is 29.7. The molecule has 41 heavy (non-hydrogen) atoms. The first kappa shape index (κ1) is 29.0. The minimum Gasteiger partial charge on any atom is -0.494 e. The quantitative estimate of drug-likeness (QED) is 0.217. The van der Waals surface area contributed by atoms with E-state index in [1.165, 1.54) is 18.1 Å². The molecule has 0 saturated carbocycles. The first-order valence-corrected chi connectivity index (χ1v) is 13.3. The summed E-state index contributed by atoms with van der Waals surface area (Å²) >= 11 is 0. The molecule has 0 atom stereocenters. The van der Waals surface area contributed by atoms with Crippen molar-refractivity contribution in [3.05, 3.63) is 47.0 Å². The number of urea groups is 1. The van der Waals surface area contributed by atoms with E-state index >= 15 is 0 Å². The highest BCUT2D eigenvalue weighted by molar-refractivity contribution is 6.04. The van der Waals surface area contributed by atoms with Crippen LogP contribution in [0.3, 0.4) is 0 Å². The van der Waals surface area contributed by atoms with Crippen LogP contribution in [0.5, 0.6) is 5.75 Å². The smallest absolute Gasteiger partial charge is 0.317 e. The van der Waals surface area contributed by atoms with Crippen LogP contribution in [0.1, 0.15) is 52.5 Å². The molecule has 0 bridgehead atoms. The number of nitrogens with one attached hydrogen (secondary N) is 2. The monoisotopic (exact) mass is 565 g/mol. The Hall–Kier alpha value is -4.95. The molecular weight excluding hydrogens is 530 g/mol. The number of anilines is 1. The summed E-state index contributed by atoms with van der Waals surface area (Å²) < 4.78 is 10.7. The van der Waals surface area contributed by atoms with E-state index in [2.05, 4.69) is 31.0 Å². The number of ether oxygens (including phenoxy) is 1. The molecule has 0 saturated heterocycles. The molecule has 15 heteroatoms. The van der Waals surface area contributed by atoms with E-state index in [4.69, 9.17) is 10.5 Å². The lowest BCUT2D eigenvalue weighted by atomic mass is 10.1. The normalized spacial score (nSPS) is 11.0. The summed E-state index contributed by atoms with van der Waals surface area (Å²) in [7, 11) is 3.16. The third-order valence-corrected chi connectivity index (χ3v) is 6.46. The Kier molecular flexibility index (Phi) is 8.84. The van der Waals surface area contributed by atoms with E-state index in [-0.39, 0.29) is 23.5 Å². The lowest BCUT2D eigenvalue weighted by Crippen LogP contribution is -2.37. The average Bonchev–Trinajstić information content (AvgIpc) is 3.66. The van der Waals surface area contributed by atoms with Gasteiger partial charge in [0.2, 0.25) is 11.9 Å². The summed E-state index contributed by atoms with van der Waals surface area (Å²) in [6.07, 6.45) is 2.31. The molecule has 15 nitrogen and oxygen atoms in total. The van der Waals surface area contributed by atoms with Crippen molar-refractivity contribution in [2.75, 3.05) is 26.0 Å². The van der Waals surface area contributed by atoms with Crippen LogP contribution in [-0.2, 0) is 26.2 Å². The minimum atomic E-state index is -0.628. The number of primary amides is 1. The van der Waals surface area contributed by atoms with Crippen LogP contribution < -0.4 is 21.1 Å². The van der Waals surface area contributed by atoms with Crippen LogP contribution >= 0.6 is 0 Å². The highest BCUT2D eigenvalue weighted by Gasteiger charge is 2.21. The minimum absolute atomic E-state index is 0.228. The van der Waals surface area contributed by atoms with Crippen molar-refractivity contribution in [3.8, 4) is 5.75 Å². The largest absolute Gasteiger partial charge is 0.494 e. The zero-order valence-electron chi connectivity index (χ0n) is 23.8. The van der Waals surface area contributed by atoms with Gasteiger partial charge in [-0.15, -0.1) is 5.10 Å². The molecule has 3 heterocycles. The van der Waals surface area contributed by atoms with Crippen molar-refractivity contribution in [3.63, 3.8) is 0 Å². The topological polar surface area (TPSA) is 180 Å². The Morgan fingerprint density at radius 1 is 1.15 bits per heavy atom. The molecule has 0 aliphatic rings. The van der Waals surface area contributed by atoms with Gasteiger partial charge in [0.15, 0.2) is 0 Å². The number of nitrogens with two attached hydrogens (primary N) is 1. The summed E-state index contributed by atoms with van der Waals surface area (Å²) in [6, 6.07) is 4.53. The number of rotatable bonds is 12. The fraction of sp³-hybridized carbons (Fsp3) is 0.423. The molecule has 0 fully saturated rings. The number of hydrogen-bond donors (Lipinski definition) is 3. The van der Waals surface area contributed by atoms with Gasteiger partial charge in [-0.2, -0.15) is 5.10 Å². The van der Waals surface area contributed by atoms with E-state index in [9.17, 15) is 14.4 Å². The highest BCUT2D eigenvalue weighted by atomic mass is 16.5. The van der Waals surface area contributed by atoms with Crippen molar-refractivity contribution in [2.24, 2.45) is 5.73 Å². The molecule has 0 radical (unpaired) electrons. The number of aromatic nitrogens is 7. The third kappa shape index (κ3) is 6.45. The molecule has 3 aromatic heterocycles. The summed E-state index contributed by atoms with van der Waals surface area (Å²) in [6.45, 7) is 7.94. The molecule has 4 amide bonds. The SMILES string of the molecule is CCn1cc(CN(C)C(=O)NCCCn2c(NC(=O)c3cc(C)nn3CC)nc3cc(C(N)=O)cc(OC)c32)nn1. The predicted molar refractivity (Wildman–Crippen MR) is 151 cm³/mol. The van der Waals surface area contributed by atoms with Crippen LogP contribution in [0.4, 0.5) is 10.7 Å². The van der Waals surface area contributed by atoms with Gasteiger partial charge < -0.3 is 25.3 Å². The molecular formula is C26H35N11O4. The van der Waals surface area contributed by atoms with E-state index in [0.29, 0.717) is 73.0 Å². The second-order valence-corrected chi connectivity index (χ2v) is 9.45. The molecule has 0 unspecified atom stereocenters. The maximum atomic E-state index is 13.2. The first-order valence-electron chi connectivity index (χ1n) is 13.3. The molecule has 0 aliphatic carbocycles. The zero-order valence-corrected chi connectivity index (χ0v) is 23.8. The Bertz CT molecular complexity index is 1570. The number of amides is 4. The van der Waals surface area contributed by atoms with Gasteiger partial charge in [-0.25, -0.2) is 9.78 Å². The van der Waals surface area contributed by atoms with Crippen molar-refractivity contribution in [1.29, 1.82) is 0 Å². The number of aryl methyl sites for hydroxylation is 4. The number of methoxy groups -OCH3 is 1. The standard InChI is InChI=1S/C26H35N11O4/c1-6-35-15-18(31-33-35)14-34(4)26(40)28-9-8-10-36-22-19(12-17(23(27)38)13-21(22)41-5)29-25(36)30-24(39)20-11-16(3)32-37(20)7-2/h11-13,15H,6-10,14H2,1-5H3,(H2,27,38)(H,28,40)(H,29,30,39).